The van der Waals surface area contributed by atoms with E-state index in [-0.39, 0.29) is 49.0 Å². The van der Waals surface area contributed by atoms with Crippen molar-refractivity contribution in [3.05, 3.63) is 65.5 Å². The van der Waals surface area contributed by atoms with Crippen LogP contribution in [0.3, 0.4) is 0 Å². The molecule has 2 amide bonds. The van der Waals surface area contributed by atoms with Gasteiger partial charge in [-0.25, -0.2) is 13.8 Å². The number of nitrogens with zero attached hydrogens (tertiary/aromatic N) is 4. The zero-order chi connectivity index (χ0) is 25.5. The van der Waals surface area contributed by atoms with E-state index in [2.05, 4.69) is 4.98 Å². The number of amides is 2. The highest BCUT2D eigenvalue weighted by Gasteiger charge is 2.37. The highest BCUT2D eigenvalue weighted by molar-refractivity contribution is 5.96. The summed E-state index contributed by atoms with van der Waals surface area (Å²) < 4.78 is 68.9. The van der Waals surface area contributed by atoms with Crippen LogP contribution in [0.4, 0.5) is 22.0 Å². The Morgan fingerprint density at radius 3 is 2.17 bits per heavy atom. The summed E-state index contributed by atoms with van der Waals surface area (Å²) in [6, 6.07) is 5.80. The van der Waals surface area contributed by atoms with Crippen molar-refractivity contribution in [2.75, 3.05) is 26.2 Å². The minimum absolute atomic E-state index is 0.0616. The number of hydrogen-bond acceptors (Lipinski definition) is 3. The van der Waals surface area contributed by atoms with Crippen molar-refractivity contribution < 1.29 is 31.5 Å². The Morgan fingerprint density at radius 1 is 0.943 bits per heavy atom. The van der Waals surface area contributed by atoms with E-state index < -0.39 is 40.9 Å². The van der Waals surface area contributed by atoms with Crippen LogP contribution in [0.25, 0.3) is 11.0 Å². The third kappa shape index (κ3) is 4.71. The van der Waals surface area contributed by atoms with Gasteiger partial charge in [0.2, 0.25) is 5.91 Å². The Kier molecular flexibility index (Phi) is 6.52. The lowest BCUT2D eigenvalue weighted by molar-refractivity contribution is -0.138. The first-order valence-corrected chi connectivity index (χ1v) is 11.0. The minimum atomic E-state index is -4.66. The molecule has 6 nitrogen and oxygen atoms in total. The summed E-state index contributed by atoms with van der Waals surface area (Å²) in [5.74, 6) is -3.37. The number of imidazole rings is 1. The Morgan fingerprint density at radius 2 is 1.54 bits per heavy atom. The molecule has 35 heavy (non-hydrogen) atoms. The maximum atomic E-state index is 13.9. The van der Waals surface area contributed by atoms with Gasteiger partial charge in [0.15, 0.2) is 11.6 Å². The number of fused-ring (bicyclic) bond motifs is 1. The Balaban J connectivity index is 1.52. The van der Waals surface area contributed by atoms with Crippen LogP contribution in [0, 0.1) is 17.6 Å². The van der Waals surface area contributed by atoms with E-state index in [0.29, 0.717) is 0 Å². The summed E-state index contributed by atoms with van der Waals surface area (Å²) in [6.07, 6.45) is -3.30. The molecule has 0 bridgehead atoms. The molecule has 3 aromatic rings. The van der Waals surface area contributed by atoms with Crippen LogP contribution in [0.2, 0.25) is 0 Å². The van der Waals surface area contributed by atoms with Gasteiger partial charge >= 0.3 is 6.18 Å². The van der Waals surface area contributed by atoms with Crippen molar-refractivity contribution in [3.63, 3.8) is 0 Å². The number of rotatable bonds is 4. The van der Waals surface area contributed by atoms with E-state index in [9.17, 15) is 31.5 Å². The molecular formula is C24H23F5N4O2. The third-order valence-corrected chi connectivity index (χ3v) is 6.14. The van der Waals surface area contributed by atoms with Crippen molar-refractivity contribution in [1.82, 2.24) is 19.4 Å². The van der Waals surface area contributed by atoms with Gasteiger partial charge in [0, 0.05) is 38.3 Å². The molecule has 1 atom stereocenters. The Bertz CT molecular complexity index is 1260. The average molecular weight is 494 g/mol. The van der Waals surface area contributed by atoms with Gasteiger partial charge in [0.1, 0.15) is 6.04 Å². The molecule has 2 heterocycles. The van der Waals surface area contributed by atoms with Gasteiger partial charge in [-0.15, -0.1) is 0 Å². The molecule has 186 valence electrons. The fourth-order valence-electron chi connectivity index (χ4n) is 4.37. The molecule has 4 rings (SSSR count). The van der Waals surface area contributed by atoms with Crippen molar-refractivity contribution in [1.29, 1.82) is 0 Å². The summed E-state index contributed by atoms with van der Waals surface area (Å²) in [6.45, 7) is 3.98. The number of carbonyl (C=O) groups excluding carboxylic acids is 2. The van der Waals surface area contributed by atoms with E-state index in [1.165, 1.54) is 32.8 Å². The number of benzene rings is 2. The van der Waals surface area contributed by atoms with Gasteiger partial charge in [-0.1, -0.05) is 26.0 Å². The fraction of sp³-hybridized carbons (Fsp3) is 0.375. The number of piperazine rings is 1. The molecule has 1 aromatic heterocycles. The molecular weight excluding hydrogens is 471 g/mol. The molecule has 0 saturated carbocycles. The Labute approximate surface area is 197 Å². The first-order valence-electron chi connectivity index (χ1n) is 11.0. The first-order chi connectivity index (χ1) is 16.5. The zero-order valence-corrected chi connectivity index (χ0v) is 19.0. The van der Waals surface area contributed by atoms with Crippen LogP contribution >= 0.6 is 0 Å². The number of aromatic nitrogens is 2. The highest BCUT2D eigenvalue weighted by Crippen LogP contribution is 2.33. The van der Waals surface area contributed by atoms with Crippen LogP contribution in [0.1, 0.15) is 35.8 Å². The topological polar surface area (TPSA) is 58.4 Å². The molecule has 1 unspecified atom stereocenters. The Hall–Kier alpha value is -3.50. The maximum Gasteiger partial charge on any atom is 0.417 e. The normalized spacial score (nSPS) is 15.7. The van der Waals surface area contributed by atoms with E-state index in [1.807, 2.05) is 13.8 Å². The van der Waals surface area contributed by atoms with Crippen molar-refractivity contribution >= 4 is 22.8 Å². The van der Waals surface area contributed by atoms with E-state index in [1.54, 1.807) is 0 Å². The van der Waals surface area contributed by atoms with Crippen molar-refractivity contribution in [2.24, 2.45) is 5.92 Å². The van der Waals surface area contributed by atoms with E-state index >= 15 is 0 Å². The summed E-state index contributed by atoms with van der Waals surface area (Å²) in [5.41, 5.74) is -0.951. The van der Waals surface area contributed by atoms with Crippen LogP contribution < -0.4 is 0 Å². The van der Waals surface area contributed by atoms with Crippen LogP contribution in [-0.4, -0.2) is 57.3 Å². The fourth-order valence-corrected chi connectivity index (χ4v) is 4.37. The molecule has 0 spiro atoms. The lowest BCUT2D eigenvalue weighted by Crippen LogP contribution is -2.52. The largest absolute Gasteiger partial charge is 0.417 e. The van der Waals surface area contributed by atoms with E-state index in [4.69, 9.17) is 0 Å². The van der Waals surface area contributed by atoms with Gasteiger partial charge < -0.3 is 14.4 Å². The monoisotopic (exact) mass is 494 g/mol. The highest BCUT2D eigenvalue weighted by atomic mass is 19.4. The van der Waals surface area contributed by atoms with Gasteiger partial charge in [0.05, 0.1) is 28.5 Å². The summed E-state index contributed by atoms with van der Waals surface area (Å²) >= 11 is 0. The smallest absolute Gasteiger partial charge is 0.337 e. The second-order valence-electron chi connectivity index (χ2n) is 8.76. The second kappa shape index (κ2) is 9.27. The number of hydrogen-bond donors (Lipinski definition) is 0. The molecule has 11 heteroatoms. The standard InChI is InChI=1S/C24H23F5N4O2/c1-14(2)21(33-13-30-19-11-17(25)18(26)12-20(19)33)23(35)32-9-7-31(8-10-32)22(34)15-5-3-4-6-16(15)24(27,28)29/h3-6,11-14,21H,7-10H2,1-2H3. The summed E-state index contributed by atoms with van der Waals surface area (Å²) in [7, 11) is 0. The zero-order valence-electron chi connectivity index (χ0n) is 19.0. The molecule has 1 saturated heterocycles. The van der Waals surface area contributed by atoms with Crippen molar-refractivity contribution in [3.8, 4) is 0 Å². The third-order valence-electron chi connectivity index (χ3n) is 6.14. The number of carbonyl (C=O) groups is 2. The predicted molar refractivity (Wildman–Crippen MR) is 117 cm³/mol. The van der Waals surface area contributed by atoms with Crippen LogP contribution in [0.5, 0.6) is 0 Å². The molecule has 1 fully saturated rings. The quantitative estimate of drug-likeness (QED) is 0.502. The molecule has 2 aromatic carbocycles. The first kappa shape index (κ1) is 24.6. The van der Waals surface area contributed by atoms with Gasteiger partial charge in [-0.3, -0.25) is 9.59 Å². The minimum Gasteiger partial charge on any atom is -0.337 e. The lowest BCUT2D eigenvalue weighted by Gasteiger charge is -2.37. The average Bonchev–Trinajstić information content (AvgIpc) is 3.20. The molecule has 0 N–H and O–H groups in total. The van der Waals surface area contributed by atoms with Gasteiger partial charge in [-0.05, 0) is 18.1 Å². The number of alkyl halides is 3. The lowest BCUT2D eigenvalue weighted by atomic mass is 10.0. The SMILES string of the molecule is CC(C)C(C(=O)N1CCN(C(=O)c2ccccc2C(F)(F)F)CC1)n1cnc2cc(F)c(F)cc21. The van der Waals surface area contributed by atoms with Crippen LogP contribution in [0.15, 0.2) is 42.7 Å². The summed E-state index contributed by atoms with van der Waals surface area (Å²) in [5, 5.41) is 0. The molecule has 0 aliphatic carbocycles. The van der Waals surface area contributed by atoms with Gasteiger partial charge in [-0.2, -0.15) is 13.2 Å². The van der Waals surface area contributed by atoms with Crippen LogP contribution in [-0.2, 0) is 11.0 Å². The van der Waals surface area contributed by atoms with E-state index in [0.717, 1.165) is 24.3 Å². The predicted octanol–water partition coefficient (Wildman–Crippen LogP) is 4.52. The summed E-state index contributed by atoms with van der Waals surface area (Å²) in [4.78, 5) is 33.2. The van der Waals surface area contributed by atoms with Crippen molar-refractivity contribution in [2.45, 2.75) is 26.1 Å². The molecule has 1 aliphatic rings. The second-order valence-corrected chi connectivity index (χ2v) is 8.76. The number of halogens is 5. The molecule has 1 aliphatic heterocycles. The molecule has 0 radical (unpaired) electrons. The van der Waals surface area contributed by atoms with Gasteiger partial charge in [0.25, 0.3) is 5.91 Å². The maximum absolute atomic E-state index is 13.9.